The molecule has 0 aromatic heterocycles. The Morgan fingerprint density at radius 3 is 2.73 bits per heavy atom. The number of rotatable bonds is 6. The zero-order valence-electron chi connectivity index (χ0n) is 11.6. The zero-order valence-corrected chi connectivity index (χ0v) is 12.4. The molecule has 1 aromatic carbocycles. The van der Waals surface area contributed by atoms with Gasteiger partial charge < -0.3 is 10.4 Å². The lowest BCUT2D eigenvalue weighted by Gasteiger charge is -2.02. The number of hydrogen-bond acceptors (Lipinski definition) is 5. The summed E-state index contributed by atoms with van der Waals surface area (Å²) in [6, 6.07) is 6.36. The molecule has 0 bridgehead atoms. The molecule has 1 aromatic rings. The van der Waals surface area contributed by atoms with E-state index in [-0.39, 0.29) is 30.2 Å². The minimum atomic E-state index is -3.61. The molecule has 2 rings (SSSR count). The number of fused-ring (bicyclic) bond motifs is 1. The number of aliphatic imine (C=N–C) groups is 1. The van der Waals surface area contributed by atoms with Crippen LogP contribution in [0.1, 0.15) is 18.4 Å². The van der Waals surface area contributed by atoms with Gasteiger partial charge in [-0.1, -0.05) is 12.1 Å². The van der Waals surface area contributed by atoms with Crippen LogP contribution in [0.25, 0.3) is 0 Å². The molecule has 9 heteroatoms. The molecule has 0 aliphatic carbocycles. The predicted molar refractivity (Wildman–Crippen MR) is 78.0 cm³/mol. The van der Waals surface area contributed by atoms with Crippen LogP contribution in [0, 0.1) is 0 Å². The number of carbonyl (C=O) groups excluding carboxylic acids is 1. The van der Waals surface area contributed by atoms with Crippen molar-refractivity contribution >= 4 is 27.7 Å². The van der Waals surface area contributed by atoms with E-state index >= 15 is 0 Å². The van der Waals surface area contributed by atoms with Gasteiger partial charge in [-0.3, -0.25) is 19.3 Å². The number of amidine groups is 1. The first-order valence-electron chi connectivity index (χ1n) is 6.55. The van der Waals surface area contributed by atoms with Gasteiger partial charge in [-0.2, -0.15) is 0 Å². The van der Waals surface area contributed by atoms with Gasteiger partial charge in [0.05, 0.1) is 4.90 Å². The molecule has 1 heterocycles. The van der Waals surface area contributed by atoms with E-state index < -0.39 is 21.9 Å². The summed E-state index contributed by atoms with van der Waals surface area (Å²) in [6.07, 6.45) is 0.301. The third-order valence-electron chi connectivity index (χ3n) is 2.93. The summed E-state index contributed by atoms with van der Waals surface area (Å²) in [5.41, 5.74) is 0.432. The first-order valence-corrected chi connectivity index (χ1v) is 8.03. The topological polar surface area (TPSA) is 125 Å². The smallest absolute Gasteiger partial charge is 0.303 e. The van der Waals surface area contributed by atoms with E-state index in [4.69, 9.17) is 5.11 Å². The second-order valence-electron chi connectivity index (χ2n) is 4.61. The van der Waals surface area contributed by atoms with Crippen molar-refractivity contribution in [3.63, 3.8) is 0 Å². The second kappa shape index (κ2) is 6.56. The number of carboxylic acids is 1. The molecule has 1 aliphatic rings. The number of aliphatic carboxylic acids is 1. The highest BCUT2D eigenvalue weighted by atomic mass is 32.2. The Bertz CT molecular complexity index is 727. The van der Waals surface area contributed by atoms with E-state index in [2.05, 4.69) is 15.0 Å². The van der Waals surface area contributed by atoms with Crippen LogP contribution in [0.3, 0.4) is 0 Å². The van der Waals surface area contributed by atoms with Crippen molar-refractivity contribution in [1.29, 1.82) is 0 Å². The van der Waals surface area contributed by atoms with Gasteiger partial charge in [-0.25, -0.2) is 8.42 Å². The van der Waals surface area contributed by atoms with Gasteiger partial charge in [-0.05, 0) is 18.6 Å². The standard InChI is InChI=1S/C13H15N3O5S/c17-11(14-7-3-6-12(18)19)8-15-13-9-4-1-2-5-10(9)22(20,21)16-13/h1-2,4-5H,3,6-8H2,(H,14,17)(H,15,16)(H,18,19). The van der Waals surface area contributed by atoms with Crippen molar-refractivity contribution in [1.82, 2.24) is 10.0 Å². The number of carboxylic acid groups (broad SMARTS) is 1. The van der Waals surface area contributed by atoms with Gasteiger partial charge in [0, 0.05) is 18.5 Å². The number of benzene rings is 1. The van der Waals surface area contributed by atoms with E-state index in [1.165, 1.54) is 6.07 Å². The van der Waals surface area contributed by atoms with E-state index in [0.717, 1.165) is 0 Å². The van der Waals surface area contributed by atoms with Gasteiger partial charge in [-0.15, -0.1) is 0 Å². The fraction of sp³-hybridized carbons (Fsp3) is 0.308. The highest BCUT2D eigenvalue weighted by Crippen LogP contribution is 2.21. The van der Waals surface area contributed by atoms with Crippen LogP contribution in [0.15, 0.2) is 34.2 Å². The van der Waals surface area contributed by atoms with Crippen LogP contribution in [-0.4, -0.2) is 44.3 Å². The summed E-state index contributed by atoms with van der Waals surface area (Å²) in [5, 5.41) is 11.0. The fourth-order valence-corrected chi connectivity index (χ4v) is 3.18. The molecule has 118 valence electrons. The molecule has 0 fully saturated rings. The van der Waals surface area contributed by atoms with Crippen molar-refractivity contribution in [3.8, 4) is 0 Å². The molecule has 0 saturated heterocycles. The van der Waals surface area contributed by atoms with Crippen LogP contribution in [0.4, 0.5) is 0 Å². The van der Waals surface area contributed by atoms with Crippen LogP contribution in [0.2, 0.25) is 0 Å². The number of amides is 1. The number of carbonyl (C=O) groups is 2. The monoisotopic (exact) mass is 325 g/mol. The molecule has 3 N–H and O–H groups in total. The molecule has 0 spiro atoms. The van der Waals surface area contributed by atoms with E-state index in [9.17, 15) is 18.0 Å². The van der Waals surface area contributed by atoms with Crippen molar-refractivity contribution < 1.29 is 23.1 Å². The molecular formula is C13H15N3O5S. The summed E-state index contributed by atoms with van der Waals surface area (Å²) in [5.74, 6) is -1.19. The zero-order chi connectivity index (χ0) is 16.2. The molecule has 1 aliphatic heterocycles. The molecule has 22 heavy (non-hydrogen) atoms. The van der Waals surface area contributed by atoms with Gasteiger partial charge in [0.1, 0.15) is 12.4 Å². The largest absolute Gasteiger partial charge is 0.481 e. The molecule has 0 radical (unpaired) electrons. The average molecular weight is 325 g/mol. The normalized spacial score (nSPS) is 16.8. The number of hydrogen-bond donors (Lipinski definition) is 3. The third-order valence-corrected chi connectivity index (χ3v) is 4.33. The van der Waals surface area contributed by atoms with E-state index in [1.54, 1.807) is 18.2 Å². The SMILES string of the molecule is O=C(O)CCCNC(=O)CN=C1NS(=O)(=O)c2ccccc21. The maximum Gasteiger partial charge on any atom is 0.303 e. The highest BCUT2D eigenvalue weighted by molar-refractivity contribution is 7.90. The highest BCUT2D eigenvalue weighted by Gasteiger charge is 2.30. The molecule has 0 saturated carbocycles. The average Bonchev–Trinajstić information content (AvgIpc) is 2.73. The van der Waals surface area contributed by atoms with Crippen LogP contribution in [0.5, 0.6) is 0 Å². The Morgan fingerprint density at radius 1 is 1.27 bits per heavy atom. The maximum atomic E-state index is 11.8. The molecule has 1 amide bonds. The minimum Gasteiger partial charge on any atom is -0.481 e. The Kier molecular flexibility index (Phi) is 4.76. The lowest BCUT2D eigenvalue weighted by molar-refractivity contribution is -0.137. The number of nitrogens with zero attached hydrogens (tertiary/aromatic N) is 1. The fourth-order valence-electron chi connectivity index (χ4n) is 1.93. The first kappa shape index (κ1) is 16.0. The van der Waals surface area contributed by atoms with Crippen LogP contribution >= 0.6 is 0 Å². The van der Waals surface area contributed by atoms with Gasteiger partial charge in [0.25, 0.3) is 10.0 Å². The Hall–Kier alpha value is -2.42. The van der Waals surface area contributed by atoms with E-state index in [0.29, 0.717) is 12.0 Å². The second-order valence-corrected chi connectivity index (χ2v) is 6.26. The van der Waals surface area contributed by atoms with Gasteiger partial charge in [0.2, 0.25) is 5.91 Å². The van der Waals surface area contributed by atoms with Crippen molar-refractivity contribution in [2.45, 2.75) is 17.7 Å². The van der Waals surface area contributed by atoms with Gasteiger partial charge >= 0.3 is 5.97 Å². The lowest BCUT2D eigenvalue weighted by atomic mass is 10.2. The van der Waals surface area contributed by atoms with Crippen LogP contribution < -0.4 is 10.0 Å². The van der Waals surface area contributed by atoms with Crippen molar-refractivity contribution in [2.24, 2.45) is 4.99 Å². The summed E-state index contributed by atoms with van der Waals surface area (Å²) in [7, 11) is -3.61. The Morgan fingerprint density at radius 2 is 2.00 bits per heavy atom. The Labute approximate surface area is 127 Å². The summed E-state index contributed by atoms with van der Waals surface area (Å²) < 4.78 is 26.0. The summed E-state index contributed by atoms with van der Waals surface area (Å²) >= 11 is 0. The molecule has 8 nitrogen and oxygen atoms in total. The maximum absolute atomic E-state index is 11.8. The van der Waals surface area contributed by atoms with Crippen LogP contribution in [-0.2, 0) is 19.6 Å². The van der Waals surface area contributed by atoms with Crippen molar-refractivity contribution in [3.05, 3.63) is 29.8 Å². The molecular weight excluding hydrogens is 310 g/mol. The van der Waals surface area contributed by atoms with E-state index in [1.807, 2.05) is 0 Å². The predicted octanol–water partition coefficient (Wildman–Crippen LogP) is -0.294. The molecule has 0 unspecified atom stereocenters. The quantitative estimate of drug-likeness (QED) is 0.620. The summed E-state index contributed by atoms with van der Waals surface area (Å²) in [4.78, 5) is 26.0. The lowest BCUT2D eigenvalue weighted by Crippen LogP contribution is -2.29. The first-order chi connectivity index (χ1) is 10.4. The molecule has 0 atom stereocenters. The van der Waals surface area contributed by atoms with Crippen molar-refractivity contribution in [2.75, 3.05) is 13.1 Å². The van der Waals surface area contributed by atoms with Gasteiger partial charge in [0.15, 0.2) is 0 Å². The number of nitrogens with one attached hydrogen (secondary N) is 2. The minimum absolute atomic E-state index is 0.0258. The number of sulfonamides is 1. The Balaban J connectivity index is 1.95. The summed E-state index contributed by atoms with van der Waals surface area (Å²) in [6.45, 7) is -0.00242. The third kappa shape index (κ3) is 3.82.